The molecule has 2 saturated carbocycles. The Morgan fingerprint density at radius 1 is 0.953 bits per heavy atom. The normalized spacial score (nSPS) is 29.7. The molecule has 0 bridgehead atoms. The van der Waals surface area contributed by atoms with Crippen LogP contribution in [0, 0.1) is 17.7 Å². The molecule has 0 aromatic heterocycles. The standard InChI is InChI=1S/C29H29F8NO4S/c1-25(40)14-17(15-25)24(39)38-23-11-12-26(43(41,42)20-8-6-19(30)7-9-20)21-10-5-18(13-16(21)3-2-4-22(23)26)27(31,28(32,33)34)29(35,36)37/h5-10,13,17,22-23,40H,2-4,11-12,14-15H2,1H3,(H,38,39)/t17-,22-,23+,25-,26+/m0/s1. The Labute approximate surface area is 242 Å². The van der Waals surface area contributed by atoms with E-state index >= 15 is 4.39 Å². The van der Waals surface area contributed by atoms with Gasteiger partial charge in [-0.15, -0.1) is 0 Å². The number of benzene rings is 2. The van der Waals surface area contributed by atoms with Crippen molar-refractivity contribution in [3.63, 3.8) is 0 Å². The van der Waals surface area contributed by atoms with Crippen molar-refractivity contribution < 1.29 is 53.4 Å². The molecule has 43 heavy (non-hydrogen) atoms. The van der Waals surface area contributed by atoms with Gasteiger partial charge in [-0.2, -0.15) is 26.3 Å². The highest BCUT2D eigenvalue weighted by atomic mass is 32.2. The molecule has 5 rings (SSSR count). The monoisotopic (exact) mass is 639 g/mol. The molecular formula is C29H29F8NO4S. The molecule has 0 unspecified atom stereocenters. The van der Waals surface area contributed by atoms with E-state index in [1.165, 1.54) is 0 Å². The van der Waals surface area contributed by atoms with Crippen LogP contribution in [0.15, 0.2) is 47.4 Å². The summed E-state index contributed by atoms with van der Waals surface area (Å²) >= 11 is 0. The maximum atomic E-state index is 15.0. The zero-order chi connectivity index (χ0) is 31.8. The molecule has 3 aliphatic rings. The van der Waals surface area contributed by atoms with Crippen molar-refractivity contribution in [1.29, 1.82) is 0 Å². The van der Waals surface area contributed by atoms with Crippen LogP contribution in [-0.2, 0) is 31.5 Å². The van der Waals surface area contributed by atoms with Crippen LogP contribution in [-0.4, -0.2) is 43.4 Å². The smallest absolute Gasteiger partial charge is 0.390 e. The molecule has 14 heteroatoms. The average molecular weight is 640 g/mol. The Bertz CT molecular complexity index is 1500. The van der Waals surface area contributed by atoms with Crippen LogP contribution in [0.5, 0.6) is 0 Å². The van der Waals surface area contributed by atoms with E-state index in [4.69, 9.17) is 0 Å². The van der Waals surface area contributed by atoms with Gasteiger partial charge in [0.2, 0.25) is 5.91 Å². The van der Waals surface area contributed by atoms with E-state index in [0.29, 0.717) is 12.1 Å². The topological polar surface area (TPSA) is 83.5 Å². The van der Waals surface area contributed by atoms with Crippen molar-refractivity contribution in [3.05, 3.63) is 65.0 Å². The highest BCUT2D eigenvalue weighted by Gasteiger charge is 2.73. The van der Waals surface area contributed by atoms with Gasteiger partial charge in [0, 0.05) is 23.4 Å². The fourth-order valence-electron chi connectivity index (χ4n) is 7.24. The summed E-state index contributed by atoms with van der Waals surface area (Å²) in [5, 5.41) is 12.9. The molecule has 0 saturated heterocycles. The molecule has 3 atom stereocenters. The van der Waals surface area contributed by atoms with E-state index in [1.54, 1.807) is 6.92 Å². The molecule has 2 N–H and O–H groups in total. The van der Waals surface area contributed by atoms with E-state index in [9.17, 15) is 49.1 Å². The number of hydrogen-bond acceptors (Lipinski definition) is 4. The molecule has 2 aromatic rings. The van der Waals surface area contributed by atoms with Gasteiger partial charge in [-0.05, 0) is 87.3 Å². The van der Waals surface area contributed by atoms with Crippen molar-refractivity contribution in [2.45, 2.75) is 91.2 Å². The molecule has 0 radical (unpaired) electrons. The maximum absolute atomic E-state index is 15.0. The van der Waals surface area contributed by atoms with E-state index in [1.807, 2.05) is 0 Å². The minimum atomic E-state index is -6.35. The summed E-state index contributed by atoms with van der Waals surface area (Å²) in [6.07, 6.45) is -12.2. The lowest BCUT2D eigenvalue weighted by molar-refractivity contribution is -0.348. The van der Waals surface area contributed by atoms with Crippen molar-refractivity contribution in [3.8, 4) is 0 Å². The molecule has 1 amide bonds. The second kappa shape index (κ2) is 10.1. The zero-order valence-electron chi connectivity index (χ0n) is 22.8. The van der Waals surface area contributed by atoms with Gasteiger partial charge in [0.25, 0.3) is 0 Å². The van der Waals surface area contributed by atoms with Gasteiger partial charge in [0.15, 0.2) is 9.84 Å². The number of alkyl halides is 7. The quantitative estimate of drug-likeness (QED) is 0.303. The summed E-state index contributed by atoms with van der Waals surface area (Å²) in [4.78, 5) is 12.7. The number of aliphatic hydroxyl groups is 1. The van der Waals surface area contributed by atoms with Crippen LogP contribution in [0.25, 0.3) is 0 Å². The molecule has 0 aliphatic heterocycles. The molecule has 236 valence electrons. The predicted molar refractivity (Wildman–Crippen MR) is 138 cm³/mol. The fourth-order valence-corrected chi connectivity index (χ4v) is 9.71. The van der Waals surface area contributed by atoms with Gasteiger partial charge < -0.3 is 10.4 Å². The molecule has 3 aliphatic carbocycles. The predicted octanol–water partition coefficient (Wildman–Crippen LogP) is 6.18. The number of hydrogen-bond donors (Lipinski definition) is 2. The SMILES string of the molecule is C[C@]1(O)C[C@H](C(=O)N[C@@H]2CC[C@@]3(S(=O)(=O)c4ccc(F)cc4)c4ccc(C(F)(C(F)(F)F)C(F)(F)F)cc4CCC[C@@H]23)C1. The van der Waals surface area contributed by atoms with Gasteiger partial charge in [-0.25, -0.2) is 17.2 Å². The summed E-state index contributed by atoms with van der Waals surface area (Å²) in [7, 11) is -4.51. The number of amides is 1. The van der Waals surface area contributed by atoms with Gasteiger partial charge in [-0.1, -0.05) is 18.2 Å². The van der Waals surface area contributed by atoms with Crippen molar-refractivity contribution >= 4 is 15.7 Å². The number of fused-ring (bicyclic) bond motifs is 3. The molecule has 2 aromatic carbocycles. The van der Waals surface area contributed by atoms with E-state index in [0.717, 1.165) is 30.3 Å². The van der Waals surface area contributed by atoms with E-state index in [-0.39, 0.29) is 61.0 Å². The third-order valence-corrected chi connectivity index (χ3v) is 11.9. The van der Waals surface area contributed by atoms with Crippen molar-refractivity contribution in [2.75, 3.05) is 0 Å². The summed E-state index contributed by atoms with van der Waals surface area (Å²) in [5.74, 6) is -2.50. The average Bonchev–Trinajstić information content (AvgIpc) is 3.15. The van der Waals surface area contributed by atoms with Gasteiger partial charge >= 0.3 is 18.0 Å². The molecule has 5 nitrogen and oxygen atoms in total. The summed E-state index contributed by atoms with van der Waals surface area (Å²) in [6, 6.07) is 4.75. The Morgan fingerprint density at radius 2 is 1.56 bits per heavy atom. The third-order valence-electron chi connectivity index (χ3n) is 9.29. The van der Waals surface area contributed by atoms with E-state index < -0.39 is 73.4 Å². The summed E-state index contributed by atoms with van der Waals surface area (Å²) < 4.78 is 137. The first-order valence-electron chi connectivity index (χ1n) is 13.7. The molecule has 0 spiro atoms. The number of sulfone groups is 1. The molecular weight excluding hydrogens is 610 g/mol. The largest absolute Gasteiger partial charge is 0.435 e. The third kappa shape index (κ3) is 4.92. The van der Waals surface area contributed by atoms with Gasteiger partial charge in [-0.3, -0.25) is 4.79 Å². The molecule has 0 heterocycles. The number of nitrogens with one attached hydrogen (secondary N) is 1. The first kappa shape index (κ1) is 31.7. The van der Waals surface area contributed by atoms with Crippen LogP contribution in [0.4, 0.5) is 35.1 Å². The molecule has 2 fully saturated rings. The van der Waals surface area contributed by atoms with Crippen LogP contribution >= 0.6 is 0 Å². The first-order valence-corrected chi connectivity index (χ1v) is 15.2. The van der Waals surface area contributed by atoms with Gasteiger partial charge in [0.05, 0.1) is 10.5 Å². The lowest BCUT2D eigenvalue weighted by Gasteiger charge is -2.41. The van der Waals surface area contributed by atoms with E-state index in [2.05, 4.69) is 5.32 Å². The van der Waals surface area contributed by atoms with Gasteiger partial charge in [0.1, 0.15) is 10.6 Å². The number of rotatable bonds is 5. The Kier molecular flexibility index (Phi) is 7.47. The lowest BCUT2D eigenvalue weighted by Crippen LogP contribution is -2.52. The Morgan fingerprint density at radius 3 is 2.12 bits per heavy atom. The number of halogens is 8. The number of carbonyl (C=O) groups is 1. The highest BCUT2D eigenvalue weighted by molar-refractivity contribution is 7.92. The maximum Gasteiger partial charge on any atom is 0.435 e. The Balaban J connectivity index is 1.65. The van der Waals surface area contributed by atoms with Crippen LogP contribution in [0.2, 0.25) is 0 Å². The van der Waals surface area contributed by atoms with Crippen molar-refractivity contribution in [2.24, 2.45) is 11.8 Å². The second-order valence-electron chi connectivity index (χ2n) is 12.1. The number of carbonyl (C=O) groups excluding carboxylic acids is 1. The van der Waals surface area contributed by atoms with Crippen LogP contribution in [0.1, 0.15) is 62.1 Å². The Hall–Kier alpha value is -2.74. The number of aryl methyl sites for hydroxylation is 1. The minimum Gasteiger partial charge on any atom is -0.390 e. The summed E-state index contributed by atoms with van der Waals surface area (Å²) in [6.45, 7) is 1.58. The second-order valence-corrected chi connectivity index (χ2v) is 14.3. The van der Waals surface area contributed by atoms with Crippen LogP contribution < -0.4 is 5.32 Å². The highest BCUT2D eigenvalue weighted by Crippen LogP contribution is 2.58. The summed E-state index contributed by atoms with van der Waals surface area (Å²) in [5.41, 5.74) is -8.66. The zero-order valence-corrected chi connectivity index (χ0v) is 23.6. The fraction of sp³-hybridized carbons (Fsp3) is 0.552. The minimum absolute atomic E-state index is 0.0712. The first-order chi connectivity index (χ1) is 19.7. The van der Waals surface area contributed by atoms with Crippen LogP contribution in [0.3, 0.4) is 0 Å². The van der Waals surface area contributed by atoms with Crippen molar-refractivity contribution in [1.82, 2.24) is 5.32 Å². The lowest BCUT2D eigenvalue weighted by atomic mass is 9.71.